The fourth-order valence-electron chi connectivity index (χ4n) is 2.72. The Morgan fingerprint density at radius 3 is 2.07 bits per heavy atom. The maximum Gasteiger partial charge on any atom is 0.263 e. The van der Waals surface area contributed by atoms with Gasteiger partial charge in [0.25, 0.3) is 15.9 Å². The van der Waals surface area contributed by atoms with E-state index in [2.05, 4.69) is 10.0 Å². The molecule has 3 rings (SSSR count). The molecular weight excluding hydrogens is 428 g/mol. The lowest BCUT2D eigenvalue weighted by Crippen LogP contribution is -2.15. The number of amides is 1. The highest BCUT2D eigenvalue weighted by molar-refractivity contribution is 7.92. The van der Waals surface area contributed by atoms with Crippen LogP contribution >= 0.6 is 11.6 Å². The van der Waals surface area contributed by atoms with Crippen LogP contribution < -0.4 is 19.5 Å². The fourth-order valence-corrected chi connectivity index (χ4v) is 4.30. The van der Waals surface area contributed by atoms with E-state index in [1.807, 2.05) is 0 Å². The summed E-state index contributed by atoms with van der Waals surface area (Å²) in [5.74, 6) is 0.0899. The molecule has 0 spiro atoms. The van der Waals surface area contributed by atoms with Crippen molar-refractivity contribution in [3.63, 3.8) is 0 Å². The van der Waals surface area contributed by atoms with Gasteiger partial charge in [0.15, 0.2) is 0 Å². The molecule has 0 aliphatic rings. The lowest BCUT2D eigenvalue weighted by atomic mass is 10.2. The standard InChI is InChI=1S/C21H19ClN2O5S/c1-28-18-13-17(24-30(26,27)20-11-7-6-10-15(20)22)19(29-2)12-16(18)23-21(25)14-8-4-3-5-9-14/h3-13,24H,1-2H3,(H,23,25). The van der Waals surface area contributed by atoms with Gasteiger partial charge in [0.2, 0.25) is 0 Å². The van der Waals surface area contributed by atoms with Crippen LogP contribution in [0, 0.1) is 0 Å². The van der Waals surface area contributed by atoms with E-state index in [-0.39, 0.29) is 33.0 Å². The van der Waals surface area contributed by atoms with Gasteiger partial charge >= 0.3 is 0 Å². The summed E-state index contributed by atoms with van der Waals surface area (Å²) in [5, 5.41) is 2.83. The van der Waals surface area contributed by atoms with Gasteiger partial charge in [-0.25, -0.2) is 8.42 Å². The van der Waals surface area contributed by atoms with Gasteiger partial charge in [-0.3, -0.25) is 9.52 Å². The first-order chi connectivity index (χ1) is 14.4. The van der Waals surface area contributed by atoms with Crippen LogP contribution in [0.4, 0.5) is 11.4 Å². The Morgan fingerprint density at radius 1 is 0.867 bits per heavy atom. The number of benzene rings is 3. The Kier molecular flexibility index (Phi) is 6.49. The molecule has 0 heterocycles. The van der Waals surface area contributed by atoms with Crippen molar-refractivity contribution in [2.24, 2.45) is 0 Å². The van der Waals surface area contributed by atoms with Gasteiger partial charge in [0.1, 0.15) is 16.4 Å². The normalized spacial score (nSPS) is 10.9. The fraction of sp³-hybridized carbons (Fsp3) is 0.0952. The summed E-state index contributed by atoms with van der Waals surface area (Å²) < 4.78 is 38.7. The number of methoxy groups -OCH3 is 2. The molecule has 0 unspecified atom stereocenters. The van der Waals surface area contributed by atoms with E-state index in [1.165, 1.54) is 38.5 Å². The Hall–Kier alpha value is -3.23. The molecule has 0 saturated carbocycles. The van der Waals surface area contributed by atoms with Gasteiger partial charge in [0, 0.05) is 17.7 Å². The molecule has 2 N–H and O–H groups in total. The molecular formula is C21H19ClN2O5S. The molecule has 0 aromatic heterocycles. The van der Waals surface area contributed by atoms with Crippen LogP contribution in [-0.2, 0) is 10.0 Å². The van der Waals surface area contributed by atoms with Crippen molar-refractivity contribution in [3.05, 3.63) is 77.3 Å². The molecule has 3 aromatic carbocycles. The van der Waals surface area contributed by atoms with Gasteiger partial charge in [-0.15, -0.1) is 0 Å². The van der Waals surface area contributed by atoms with E-state index in [1.54, 1.807) is 42.5 Å². The second kappa shape index (κ2) is 9.06. The quantitative estimate of drug-likeness (QED) is 0.560. The predicted molar refractivity (Wildman–Crippen MR) is 116 cm³/mol. The largest absolute Gasteiger partial charge is 0.494 e. The number of carbonyl (C=O) groups is 1. The van der Waals surface area contributed by atoms with Crippen LogP contribution in [0.25, 0.3) is 0 Å². The number of anilines is 2. The molecule has 7 nitrogen and oxygen atoms in total. The number of sulfonamides is 1. The molecule has 156 valence electrons. The SMILES string of the molecule is COc1cc(NS(=O)(=O)c2ccccc2Cl)c(OC)cc1NC(=O)c1ccccc1. The van der Waals surface area contributed by atoms with Crippen molar-refractivity contribution >= 4 is 38.9 Å². The first kappa shape index (κ1) is 21.5. The zero-order valence-corrected chi connectivity index (χ0v) is 17.8. The van der Waals surface area contributed by atoms with Crippen molar-refractivity contribution in [1.29, 1.82) is 0 Å². The van der Waals surface area contributed by atoms with Crippen molar-refractivity contribution in [3.8, 4) is 11.5 Å². The van der Waals surface area contributed by atoms with Crippen LogP contribution in [0.1, 0.15) is 10.4 Å². The van der Waals surface area contributed by atoms with Gasteiger partial charge in [-0.2, -0.15) is 0 Å². The minimum atomic E-state index is -3.99. The average Bonchev–Trinajstić information content (AvgIpc) is 2.75. The molecule has 0 fully saturated rings. The molecule has 1 amide bonds. The number of rotatable bonds is 7. The average molecular weight is 447 g/mol. The molecule has 0 aliphatic carbocycles. The Bertz CT molecular complexity index is 1170. The summed E-state index contributed by atoms with van der Waals surface area (Å²) in [6, 6.07) is 17.6. The Labute approximate surface area is 179 Å². The third kappa shape index (κ3) is 4.67. The molecule has 0 bridgehead atoms. The molecule has 0 saturated heterocycles. The van der Waals surface area contributed by atoms with E-state index < -0.39 is 10.0 Å². The van der Waals surface area contributed by atoms with Gasteiger partial charge in [-0.1, -0.05) is 41.9 Å². The van der Waals surface area contributed by atoms with Gasteiger partial charge < -0.3 is 14.8 Å². The van der Waals surface area contributed by atoms with Crippen LogP contribution in [0.2, 0.25) is 5.02 Å². The highest BCUT2D eigenvalue weighted by Gasteiger charge is 2.21. The Morgan fingerprint density at radius 2 is 1.43 bits per heavy atom. The first-order valence-electron chi connectivity index (χ1n) is 8.75. The summed E-state index contributed by atoms with van der Waals surface area (Å²) in [5.41, 5.74) is 0.915. The molecule has 9 heteroatoms. The van der Waals surface area contributed by atoms with E-state index in [9.17, 15) is 13.2 Å². The first-order valence-corrected chi connectivity index (χ1v) is 10.6. The summed E-state index contributed by atoms with van der Waals surface area (Å²) in [6.07, 6.45) is 0. The maximum atomic E-state index is 12.8. The zero-order chi connectivity index (χ0) is 21.7. The molecule has 0 atom stereocenters. The van der Waals surface area contributed by atoms with E-state index in [0.29, 0.717) is 11.3 Å². The maximum absolute atomic E-state index is 12.8. The third-order valence-corrected chi connectivity index (χ3v) is 6.04. The van der Waals surface area contributed by atoms with Crippen molar-refractivity contribution < 1.29 is 22.7 Å². The molecule has 0 aliphatic heterocycles. The highest BCUT2D eigenvalue weighted by Crippen LogP contribution is 2.38. The predicted octanol–water partition coefficient (Wildman–Crippen LogP) is 4.41. The number of nitrogens with one attached hydrogen (secondary N) is 2. The smallest absolute Gasteiger partial charge is 0.263 e. The van der Waals surface area contributed by atoms with Crippen LogP contribution in [0.15, 0.2) is 71.6 Å². The number of carbonyl (C=O) groups excluding carboxylic acids is 1. The lowest BCUT2D eigenvalue weighted by molar-refractivity contribution is 0.102. The van der Waals surface area contributed by atoms with Crippen LogP contribution in [-0.4, -0.2) is 28.5 Å². The summed E-state index contributed by atoms with van der Waals surface area (Å²) in [7, 11) is -1.19. The minimum Gasteiger partial charge on any atom is -0.494 e. The topological polar surface area (TPSA) is 93.7 Å². The number of hydrogen-bond acceptors (Lipinski definition) is 5. The number of ether oxygens (including phenoxy) is 2. The lowest BCUT2D eigenvalue weighted by Gasteiger charge is -2.17. The Balaban J connectivity index is 1.95. The molecule has 30 heavy (non-hydrogen) atoms. The third-order valence-electron chi connectivity index (χ3n) is 4.18. The minimum absolute atomic E-state index is 0.0749. The summed E-state index contributed by atoms with van der Waals surface area (Å²) in [6.45, 7) is 0. The molecule has 3 aromatic rings. The molecule has 0 radical (unpaired) electrons. The van der Waals surface area contributed by atoms with Crippen molar-refractivity contribution in [2.45, 2.75) is 4.90 Å². The number of hydrogen-bond donors (Lipinski definition) is 2. The van der Waals surface area contributed by atoms with Crippen molar-refractivity contribution in [1.82, 2.24) is 0 Å². The van der Waals surface area contributed by atoms with E-state index in [0.717, 1.165) is 0 Å². The van der Waals surface area contributed by atoms with Crippen LogP contribution in [0.3, 0.4) is 0 Å². The van der Waals surface area contributed by atoms with E-state index in [4.69, 9.17) is 21.1 Å². The van der Waals surface area contributed by atoms with Crippen LogP contribution in [0.5, 0.6) is 11.5 Å². The van der Waals surface area contributed by atoms with Gasteiger partial charge in [-0.05, 0) is 24.3 Å². The van der Waals surface area contributed by atoms with Crippen molar-refractivity contribution in [2.75, 3.05) is 24.3 Å². The summed E-state index contributed by atoms with van der Waals surface area (Å²) >= 11 is 6.03. The number of halogens is 1. The summed E-state index contributed by atoms with van der Waals surface area (Å²) in [4.78, 5) is 12.4. The second-order valence-electron chi connectivity index (χ2n) is 6.11. The van der Waals surface area contributed by atoms with E-state index >= 15 is 0 Å². The second-order valence-corrected chi connectivity index (χ2v) is 8.17. The van der Waals surface area contributed by atoms with Gasteiger partial charge in [0.05, 0.1) is 30.6 Å². The zero-order valence-electron chi connectivity index (χ0n) is 16.2. The highest BCUT2D eigenvalue weighted by atomic mass is 35.5. The monoisotopic (exact) mass is 446 g/mol.